The molecular weight excluding hydrogens is 242 g/mol. The number of hydrogen-bond donors (Lipinski definition) is 0. The van der Waals surface area contributed by atoms with Crippen LogP contribution in [0.1, 0.15) is 27.0 Å². The molecule has 0 amide bonds. The summed E-state index contributed by atoms with van der Waals surface area (Å²) in [5.41, 5.74) is 1.56. The number of nitriles is 1. The first-order valence-electron chi connectivity index (χ1n) is 5.48. The molecule has 0 N–H and O–H groups in total. The zero-order valence-electron chi connectivity index (χ0n) is 9.88. The first kappa shape index (κ1) is 12.3. The number of thiophene rings is 1. The largest absolute Gasteiger partial charge is 0.294 e. The predicted molar refractivity (Wildman–Crippen MR) is 74.2 cm³/mol. The van der Waals surface area contributed by atoms with E-state index in [1.807, 2.05) is 42.5 Å². The van der Waals surface area contributed by atoms with Crippen LogP contribution in [0.25, 0.3) is 11.6 Å². The topological polar surface area (TPSA) is 40.9 Å². The van der Waals surface area contributed by atoms with Gasteiger partial charge in [-0.05, 0) is 30.7 Å². The summed E-state index contributed by atoms with van der Waals surface area (Å²) in [6, 6.07) is 15.4. The fraction of sp³-hybridized carbons (Fsp3) is 0.0667. The molecule has 0 aliphatic carbocycles. The highest BCUT2D eigenvalue weighted by Crippen LogP contribution is 2.25. The van der Waals surface area contributed by atoms with Gasteiger partial charge in [0, 0.05) is 4.88 Å². The number of benzene rings is 1. The van der Waals surface area contributed by atoms with Crippen molar-refractivity contribution in [3.8, 4) is 6.07 Å². The average Bonchev–Trinajstić information content (AvgIpc) is 2.87. The van der Waals surface area contributed by atoms with Gasteiger partial charge in [0.15, 0.2) is 5.78 Å². The van der Waals surface area contributed by atoms with Gasteiger partial charge in [0.2, 0.25) is 0 Å². The lowest BCUT2D eigenvalue weighted by atomic mass is 10.1. The lowest BCUT2D eigenvalue weighted by molar-refractivity contribution is 0.102. The van der Waals surface area contributed by atoms with Crippen molar-refractivity contribution in [1.29, 1.82) is 5.26 Å². The summed E-state index contributed by atoms with van der Waals surface area (Å²) in [6.07, 6.45) is 1.83. The highest BCUT2D eigenvalue weighted by Gasteiger charge is 2.08. The number of Topliss-reactive ketones (excluding diaryl/α,β-unsaturated/α-hetero) is 1. The van der Waals surface area contributed by atoms with Crippen molar-refractivity contribution in [3.05, 3.63) is 57.8 Å². The first-order valence-corrected chi connectivity index (χ1v) is 6.30. The van der Waals surface area contributed by atoms with Gasteiger partial charge in [0.05, 0.1) is 10.5 Å². The zero-order chi connectivity index (χ0) is 13.0. The van der Waals surface area contributed by atoms with Crippen LogP contribution in [0.15, 0.2) is 42.5 Å². The summed E-state index contributed by atoms with van der Waals surface area (Å²) in [5.74, 6) is 0.0308. The highest BCUT2D eigenvalue weighted by atomic mass is 32.1. The molecule has 0 atom stereocenters. The van der Waals surface area contributed by atoms with Gasteiger partial charge in [-0.2, -0.15) is 5.26 Å². The molecule has 3 heteroatoms. The second kappa shape index (κ2) is 5.44. The maximum atomic E-state index is 11.2. The Kier molecular flexibility index (Phi) is 3.71. The van der Waals surface area contributed by atoms with Gasteiger partial charge in [0.25, 0.3) is 0 Å². The number of carbonyl (C=O) groups is 1. The number of ketones is 1. The Morgan fingerprint density at radius 1 is 1.17 bits per heavy atom. The lowest BCUT2D eigenvalue weighted by Crippen LogP contribution is -1.83. The monoisotopic (exact) mass is 253 g/mol. The standard InChI is InChI=1S/C15H11NOS/c1-11(17)14-7-8-15(18-14)13(10-16)9-12-5-3-2-4-6-12/h2-9H,1H3. The minimum Gasteiger partial charge on any atom is -0.294 e. The van der Waals surface area contributed by atoms with Gasteiger partial charge >= 0.3 is 0 Å². The Balaban J connectivity index is 2.37. The number of rotatable bonds is 3. The van der Waals surface area contributed by atoms with E-state index in [1.165, 1.54) is 18.3 Å². The summed E-state index contributed by atoms with van der Waals surface area (Å²) >= 11 is 1.35. The van der Waals surface area contributed by atoms with Gasteiger partial charge in [-0.3, -0.25) is 4.79 Å². The minimum absolute atomic E-state index is 0.0308. The van der Waals surface area contributed by atoms with E-state index >= 15 is 0 Å². The van der Waals surface area contributed by atoms with E-state index in [2.05, 4.69) is 6.07 Å². The molecule has 0 aliphatic rings. The van der Waals surface area contributed by atoms with Gasteiger partial charge in [-0.25, -0.2) is 0 Å². The van der Waals surface area contributed by atoms with Crippen molar-refractivity contribution in [1.82, 2.24) is 0 Å². The minimum atomic E-state index is 0.0308. The van der Waals surface area contributed by atoms with Crippen molar-refractivity contribution in [3.63, 3.8) is 0 Å². The Morgan fingerprint density at radius 2 is 1.83 bits per heavy atom. The van der Waals surface area contributed by atoms with Crippen LogP contribution in [-0.2, 0) is 0 Å². The van der Waals surface area contributed by atoms with Crippen LogP contribution in [0.3, 0.4) is 0 Å². The third-order valence-corrected chi connectivity index (χ3v) is 3.67. The Bertz CT molecular complexity index is 632. The smallest absolute Gasteiger partial charge is 0.169 e. The molecule has 2 nitrogen and oxygen atoms in total. The fourth-order valence-corrected chi connectivity index (χ4v) is 2.41. The molecule has 1 heterocycles. The molecule has 1 aromatic heterocycles. The second-order valence-electron chi connectivity index (χ2n) is 3.80. The van der Waals surface area contributed by atoms with E-state index in [4.69, 9.17) is 0 Å². The van der Waals surface area contributed by atoms with Gasteiger partial charge in [0.1, 0.15) is 6.07 Å². The van der Waals surface area contributed by atoms with Crippen LogP contribution in [0.5, 0.6) is 0 Å². The molecule has 0 bridgehead atoms. The predicted octanol–water partition coefficient (Wildman–Crippen LogP) is 4.01. The molecule has 0 unspecified atom stereocenters. The molecular formula is C15H11NOS. The van der Waals surface area contributed by atoms with Crippen molar-refractivity contribution in [2.75, 3.05) is 0 Å². The van der Waals surface area contributed by atoms with E-state index in [0.29, 0.717) is 10.5 Å². The van der Waals surface area contributed by atoms with Gasteiger partial charge in [-0.15, -0.1) is 11.3 Å². The van der Waals surface area contributed by atoms with E-state index in [-0.39, 0.29) is 5.78 Å². The molecule has 0 fully saturated rings. The molecule has 0 saturated heterocycles. The summed E-state index contributed by atoms with van der Waals surface area (Å²) in [7, 11) is 0. The Morgan fingerprint density at radius 3 is 2.39 bits per heavy atom. The maximum absolute atomic E-state index is 11.2. The number of carbonyl (C=O) groups excluding carboxylic acids is 1. The van der Waals surface area contributed by atoms with Crippen LogP contribution >= 0.6 is 11.3 Å². The Hall–Kier alpha value is -2.18. The zero-order valence-corrected chi connectivity index (χ0v) is 10.7. The summed E-state index contributed by atoms with van der Waals surface area (Å²) < 4.78 is 0. The molecule has 0 spiro atoms. The van der Waals surface area contributed by atoms with Crippen molar-refractivity contribution in [2.45, 2.75) is 6.92 Å². The number of allylic oxidation sites excluding steroid dienone is 1. The van der Waals surface area contributed by atoms with E-state index in [1.54, 1.807) is 6.07 Å². The first-order chi connectivity index (χ1) is 8.70. The molecule has 1 aromatic carbocycles. The van der Waals surface area contributed by atoms with Crippen molar-refractivity contribution < 1.29 is 4.79 Å². The van der Waals surface area contributed by atoms with Gasteiger partial charge < -0.3 is 0 Å². The van der Waals surface area contributed by atoms with E-state index in [9.17, 15) is 10.1 Å². The summed E-state index contributed by atoms with van der Waals surface area (Å²) in [6.45, 7) is 1.53. The van der Waals surface area contributed by atoms with Crippen LogP contribution in [0.2, 0.25) is 0 Å². The Labute approximate surface area is 110 Å². The molecule has 0 saturated carbocycles. The molecule has 88 valence electrons. The van der Waals surface area contributed by atoms with Crippen molar-refractivity contribution >= 4 is 28.8 Å². The molecule has 0 radical (unpaired) electrons. The fourth-order valence-electron chi connectivity index (χ4n) is 1.55. The molecule has 2 aromatic rings. The molecule has 2 rings (SSSR count). The maximum Gasteiger partial charge on any atom is 0.169 e. The highest BCUT2D eigenvalue weighted by molar-refractivity contribution is 7.15. The van der Waals surface area contributed by atoms with Crippen LogP contribution in [0.4, 0.5) is 0 Å². The van der Waals surface area contributed by atoms with Crippen LogP contribution < -0.4 is 0 Å². The molecule has 0 aliphatic heterocycles. The lowest BCUT2D eigenvalue weighted by Gasteiger charge is -1.95. The third-order valence-electron chi connectivity index (χ3n) is 2.45. The molecule has 18 heavy (non-hydrogen) atoms. The third kappa shape index (κ3) is 2.73. The van der Waals surface area contributed by atoms with E-state index < -0.39 is 0 Å². The summed E-state index contributed by atoms with van der Waals surface area (Å²) in [5, 5.41) is 9.19. The number of hydrogen-bond acceptors (Lipinski definition) is 3. The van der Waals surface area contributed by atoms with E-state index in [0.717, 1.165) is 10.4 Å². The quantitative estimate of drug-likeness (QED) is 0.612. The number of nitrogens with zero attached hydrogens (tertiary/aromatic N) is 1. The summed E-state index contributed by atoms with van der Waals surface area (Å²) in [4.78, 5) is 12.7. The average molecular weight is 253 g/mol. The van der Waals surface area contributed by atoms with Crippen molar-refractivity contribution in [2.24, 2.45) is 0 Å². The van der Waals surface area contributed by atoms with Gasteiger partial charge in [-0.1, -0.05) is 30.3 Å². The van der Waals surface area contributed by atoms with Crippen LogP contribution in [0, 0.1) is 11.3 Å². The second-order valence-corrected chi connectivity index (χ2v) is 4.88. The van der Waals surface area contributed by atoms with Crippen LogP contribution in [-0.4, -0.2) is 5.78 Å². The SMILES string of the molecule is CC(=O)c1ccc(C(C#N)=Cc2ccccc2)s1. The normalized spacial score (nSPS) is 11.0.